The lowest BCUT2D eigenvalue weighted by atomic mass is 10.2. The van der Waals surface area contributed by atoms with Crippen LogP contribution in [0.25, 0.3) is 0 Å². The predicted molar refractivity (Wildman–Crippen MR) is 60.5 cm³/mol. The molecule has 0 aliphatic heterocycles. The molecule has 0 aliphatic rings. The Kier molecular flexibility index (Phi) is 5.12. The van der Waals surface area contributed by atoms with Gasteiger partial charge >= 0.3 is 12.1 Å². The van der Waals surface area contributed by atoms with Gasteiger partial charge in [0.15, 0.2) is 0 Å². The number of nitrogens with zero attached hydrogens (tertiary/aromatic N) is 1. The zero-order valence-electron chi connectivity index (χ0n) is 10.8. The SMILES string of the molecule is CC[C@@H](C(=O)O)N(C(C)=O)C(=O)OC(C)(C)C. The van der Waals surface area contributed by atoms with Crippen LogP contribution >= 0.6 is 0 Å². The van der Waals surface area contributed by atoms with Crippen LogP contribution in [0.15, 0.2) is 0 Å². The Morgan fingerprint density at radius 1 is 1.29 bits per heavy atom. The van der Waals surface area contributed by atoms with Crippen LogP contribution in [0.3, 0.4) is 0 Å². The topological polar surface area (TPSA) is 83.9 Å². The molecule has 0 unspecified atom stereocenters. The van der Waals surface area contributed by atoms with Crippen molar-refractivity contribution in [2.24, 2.45) is 0 Å². The molecule has 0 aromatic carbocycles. The molecule has 0 radical (unpaired) electrons. The van der Waals surface area contributed by atoms with E-state index >= 15 is 0 Å². The molecule has 0 aromatic heterocycles. The van der Waals surface area contributed by atoms with Crippen molar-refractivity contribution in [3.8, 4) is 0 Å². The Morgan fingerprint density at radius 2 is 1.76 bits per heavy atom. The van der Waals surface area contributed by atoms with Gasteiger partial charge in [0, 0.05) is 6.92 Å². The quantitative estimate of drug-likeness (QED) is 0.817. The second kappa shape index (κ2) is 5.65. The van der Waals surface area contributed by atoms with Crippen LogP contribution in [-0.2, 0) is 14.3 Å². The second-order valence-corrected chi connectivity index (χ2v) is 4.63. The molecule has 98 valence electrons. The normalized spacial score (nSPS) is 12.8. The minimum absolute atomic E-state index is 0.133. The van der Waals surface area contributed by atoms with Crippen LogP contribution in [0, 0.1) is 0 Å². The molecule has 0 fully saturated rings. The zero-order valence-corrected chi connectivity index (χ0v) is 10.8. The average molecular weight is 245 g/mol. The summed E-state index contributed by atoms with van der Waals surface area (Å²) in [6.45, 7) is 7.65. The van der Waals surface area contributed by atoms with Gasteiger partial charge in [-0.05, 0) is 27.2 Å². The zero-order chi connectivity index (χ0) is 13.8. The van der Waals surface area contributed by atoms with Gasteiger partial charge in [-0.2, -0.15) is 0 Å². The summed E-state index contributed by atoms with van der Waals surface area (Å²) in [5, 5.41) is 8.94. The largest absolute Gasteiger partial charge is 0.480 e. The molecule has 0 saturated carbocycles. The predicted octanol–water partition coefficient (Wildman–Crippen LogP) is 1.63. The van der Waals surface area contributed by atoms with Crippen LogP contribution in [0.1, 0.15) is 41.0 Å². The second-order valence-electron chi connectivity index (χ2n) is 4.63. The summed E-state index contributed by atoms with van der Waals surface area (Å²) in [6, 6.07) is -1.19. The minimum atomic E-state index is -1.23. The number of carboxylic acids is 1. The molecule has 17 heavy (non-hydrogen) atoms. The summed E-state index contributed by atoms with van der Waals surface area (Å²) in [6.07, 6.45) is -0.798. The first kappa shape index (κ1) is 15.4. The van der Waals surface area contributed by atoms with Crippen molar-refractivity contribution in [3.05, 3.63) is 0 Å². The van der Waals surface area contributed by atoms with Crippen LogP contribution in [0.2, 0.25) is 0 Å². The molecule has 0 aliphatic carbocycles. The number of carbonyl (C=O) groups is 3. The third-order valence-electron chi connectivity index (χ3n) is 1.91. The third-order valence-corrected chi connectivity index (χ3v) is 1.91. The van der Waals surface area contributed by atoms with E-state index in [9.17, 15) is 14.4 Å². The molecule has 6 heteroatoms. The molecular weight excluding hydrogens is 226 g/mol. The van der Waals surface area contributed by atoms with Gasteiger partial charge < -0.3 is 9.84 Å². The van der Waals surface area contributed by atoms with Gasteiger partial charge in [0.1, 0.15) is 11.6 Å². The van der Waals surface area contributed by atoms with E-state index in [0.29, 0.717) is 4.90 Å². The maximum atomic E-state index is 11.7. The fraction of sp³-hybridized carbons (Fsp3) is 0.727. The van der Waals surface area contributed by atoms with E-state index in [1.807, 2.05) is 0 Å². The summed E-state index contributed by atoms with van der Waals surface area (Å²) in [7, 11) is 0. The van der Waals surface area contributed by atoms with Crippen molar-refractivity contribution >= 4 is 18.0 Å². The number of carbonyl (C=O) groups excluding carboxylic acids is 2. The molecular formula is C11H19NO5. The van der Waals surface area contributed by atoms with E-state index < -0.39 is 29.6 Å². The van der Waals surface area contributed by atoms with Crippen molar-refractivity contribution in [1.29, 1.82) is 0 Å². The molecule has 0 bridgehead atoms. The highest BCUT2D eigenvalue weighted by atomic mass is 16.6. The fourth-order valence-corrected chi connectivity index (χ4v) is 1.25. The number of imide groups is 1. The lowest BCUT2D eigenvalue weighted by Gasteiger charge is -2.28. The highest BCUT2D eigenvalue weighted by Crippen LogP contribution is 2.14. The summed E-state index contributed by atoms with van der Waals surface area (Å²) < 4.78 is 5.00. The number of aliphatic carboxylic acids is 1. The van der Waals surface area contributed by atoms with Crippen LogP contribution in [-0.4, -0.2) is 39.6 Å². The van der Waals surface area contributed by atoms with Crippen molar-refractivity contribution in [2.75, 3.05) is 0 Å². The van der Waals surface area contributed by atoms with Crippen molar-refractivity contribution in [3.63, 3.8) is 0 Å². The number of amides is 2. The van der Waals surface area contributed by atoms with Gasteiger partial charge in [-0.15, -0.1) is 0 Å². The highest BCUT2D eigenvalue weighted by molar-refractivity contribution is 5.95. The van der Waals surface area contributed by atoms with Gasteiger partial charge in [0.05, 0.1) is 0 Å². The summed E-state index contributed by atoms with van der Waals surface area (Å²) >= 11 is 0. The van der Waals surface area contributed by atoms with E-state index in [2.05, 4.69) is 0 Å². The molecule has 0 aromatic rings. The van der Waals surface area contributed by atoms with E-state index in [-0.39, 0.29) is 6.42 Å². The molecule has 0 rings (SSSR count). The number of hydrogen-bond acceptors (Lipinski definition) is 4. The monoisotopic (exact) mass is 245 g/mol. The van der Waals surface area contributed by atoms with E-state index in [1.54, 1.807) is 27.7 Å². The molecule has 2 amide bonds. The molecule has 6 nitrogen and oxygen atoms in total. The van der Waals surface area contributed by atoms with Gasteiger partial charge in [-0.25, -0.2) is 14.5 Å². The fourth-order valence-electron chi connectivity index (χ4n) is 1.25. The molecule has 1 N–H and O–H groups in total. The Bertz CT molecular complexity index is 318. The smallest absolute Gasteiger partial charge is 0.417 e. The summed E-state index contributed by atoms with van der Waals surface area (Å²) in [5.41, 5.74) is -0.776. The van der Waals surface area contributed by atoms with E-state index in [1.165, 1.54) is 0 Å². The Hall–Kier alpha value is -1.59. The maximum Gasteiger partial charge on any atom is 0.417 e. The van der Waals surface area contributed by atoms with Gasteiger partial charge in [-0.3, -0.25) is 4.79 Å². The van der Waals surface area contributed by atoms with Gasteiger partial charge in [-0.1, -0.05) is 6.92 Å². The third kappa shape index (κ3) is 4.84. The van der Waals surface area contributed by atoms with E-state index in [4.69, 9.17) is 9.84 Å². The number of rotatable bonds is 3. The Labute approximate surface area is 101 Å². The van der Waals surface area contributed by atoms with Gasteiger partial charge in [0.25, 0.3) is 0 Å². The average Bonchev–Trinajstić information content (AvgIpc) is 2.08. The minimum Gasteiger partial charge on any atom is -0.480 e. The number of ether oxygens (including phenoxy) is 1. The standard InChI is InChI=1S/C11H19NO5/c1-6-8(9(14)15)12(7(2)13)10(16)17-11(3,4)5/h8H,6H2,1-5H3,(H,14,15)/t8-/m0/s1. The van der Waals surface area contributed by atoms with Crippen LogP contribution in [0.5, 0.6) is 0 Å². The first-order chi connectivity index (χ1) is 7.60. The molecule has 0 spiro atoms. The first-order valence-electron chi connectivity index (χ1n) is 5.35. The summed E-state index contributed by atoms with van der Waals surface area (Å²) in [4.78, 5) is 34.6. The van der Waals surface area contributed by atoms with Crippen LogP contribution < -0.4 is 0 Å². The lowest BCUT2D eigenvalue weighted by Crippen LogP contribution is -2.49. The maximum absolute atomic E-state index is 11.7. The lowest BCUT2D eigenvalue weighted by molar-refractivity contribution is -0.148. The van der Waals surface area contributed by atoms with Crippen LogP contribution in [0.4, 0.5) is 4.79 Å². The molecule has 0 saturated heterocycles. The molecule has 0 heterocycles. The molecule has 1 atom stereocenters. The van der Waals surface area contributed by atoms with Crippen molar-refractivity contribution in [2.45, 2.75) is 52.7 Å². The van der Waals surface area contributed by atoms with Crippen molar-refractivity contribution < 1.29 is 24.2 Å². The number of hydrogen-bond donors (Lipinski definition) is 1. The van der Waals surface area contributed by atoms with Gasteiger partial charge in [0.2, 0.25) is 5.91 Å². The van der Waals surface area contributed by atoms with E-state index in [0.717, 1.165) is 6.92 Å². The Morgan fingerprint density at radius 3 is 2.00 bits per heavy atom. The highest BCUT2D eigenvalue weighted by Gasteiger charge is 2.34. The Balaban J connectivity index is 5.04. The summed E-state index contributed by atoms with van der Waals surface area (Å²) in [5.74, 6) is -1.87. The number of carboxylic acid groups (broad SMARTS) is 1. The first-order valence-corrected chi connectivity index (χ1v) is 5.35. The van der Waals surface area contributed by atoms with Crippen molar-refractivity contribution in [1.82, 2.24) is 4.90 Å².